The van der Waals surface area contributed by atoms with Crippen LogP contribution >= 0.6 is 23.8 Å². The van der Waals surface area contributed by atoms with Crippen molar-refractivity contribution in [3.05, 3.63) is 59.1 Å². The Bertz CT molecular complexity index is 745. The van der Waals surface area contributed by atoms with Crippen molar-refractivity contribution < 1.29 is 9.59 Å². The zero-order chi connectivity index (χ0) is 17.0. The highest BCUT2D eigenvalue weighted by molar-refractivity contribution is 7.80. The van der Waals surface area contributed by atoms with Gasteiger partial charge in [0.15, 0.2) is 5.11 Å². The molecule has 0 aliphatic carbocycles. The molecule has 23 heavy (non-hydrogen) atoms. The molecule has 0 saturated heterocycles. The number of rotatable bonds is 3. The van der Waals surface area contributed by atoms with Crippen molar-refractivity contribution in [3.8, 4) is 0 Å². The lowest BCUT2D eigenvalue weighted by molar-refractivity contribution is -0.114. The van der Waals surface area contributed by atoms with Crippen molar-refractivity contribution in [2.75, 3.05) is 10.2 Å². The van der Waals surface area contributed by atoms with Crippen LogP contribution in [0.1, 0.15) is 17.3 Å². The number of thiocarbonyl (C=S) groups is 1. The standard InChI is InChI=1S/C16H14ClN3O2S/c1-10(21)19-13-6-2-11(3-7-13)15(22)20(16(18)23)14-8-4-12(17)5-9-14/h2-9H,1H3,(H2,18,23)(H,19,21). The summed E-state index contributed by atoms with van der Waals surface area (Å²) in [6.45, 7) is 1.41. The van der Waals surface area contributed by atoms with E-state index in [1.807, 2.05) is 0 Å². The third-order valence-electron chi connectivity index (χ3n) is 2.96. The minimum Gasteiger partial charge on any atom is -0.376 e. The summed E-state index contributed by atoms with van der Waals surface area (Å²) < 4.78 is 0. The number of carbonyl (C=O) groups is 2. The fraction of sp³-hybridized carbons (Fsp3) is 0.0625. The van der Waals surface area contributed by atoms with Gasteiger partial charge in [-0.3, -0.25) is 14.5 Å². The molecule has 0 radical (unpaired) electrons. The summed E-state index contributed by atoms with van der Waals surface area (Å²) in [5, 5.41) is 3.11. The third kappa shape index (κ3) is 4.28. The highest BCUT2D eigenvalue weighted by Gasteiger charge is 2.20. The van der Waals surface area contributed by atoms with Gasteiger partial charge in [0.2, 0.25) is 5.91 Å². The second-order valence-electron chi connectivity index (χ2n) is 4.71. The van der Waals surface area contributed by atoms with E-state index in [9.17, 15) is 9.59 Å². The number of hydrogen-bond donors (Lipinski definition) is 2. The average molecular weight is 348 g/mol. The van der Waals surface area contributed by atoms with Gasteiger partial charge >= 0.3 is 0 Å². The minimum atomic E-state index is -0.366. The van der Waals surface area contributed by atoms with Gasteiger partial charge < -0.3 is 11.1 Å². The lowest BCUT2D eigenvalue weighted by atomic mass is 10.1. The van der Waals surface area contributed by atoms with E-state index < -0.39 is 0 Å². The van der Waals surface area contributed by atoms with Gasteiger partial charge in [0.1, 0.15) is 0 Å². The SMILES string of the molecule is CC(=O)Nc1ccc(C(=O)N(C(N)=S)c2ccc(Cl)cc2)cc1. The largest absolute Gasteiger partial charge is 0.376 e. The van der Waals surface area contributed by atoms with E-state index in [-0.39, 0.29) is 16.9 Å². The molecule has 2 amide bonds. The van der Waals surface area contributed by atoms with Crippen LogP contribution in [-0.2, 0) is 4.79 Å². The van der Waals surface area contributed by atoms with Crippen LogP contribution < -0.4 is 16.0 Å². The maximum atomic E-state index is 12.6. The van der Waals surface area contributed by atoms with E-state index in [0.29, 0.717) is 22.0 Å². The van der Waals surface area contributed by atoms with Crippen LogP contribution in [0.4, 0.5) is 11.4 Å². The van der Waals surface area contributed by atoms with E-state index in [0.717, 1.165) is 0 Å². The van der Waals surface area contributed by atoms with Crippen LogP contribution in [-0.4, -0.2) is 16.9 Å². The number of anilines is 2. The molecule has 2 aromatic rings. The topological polar surface area (TPSA) is 75.4 Å². The number of halogens is 1. The second kappa shape index (κ2) is 7.21. The number of amides is 2. The van der Waals surface area contributed by atoms with Gasteiger partial charge in [-0.2, -0.15) is 0 Å². The molecule has 3 N–H and O–H groups in total. The lowest BCUT2D eigenvalue weighted by Gasteiger charge is -2.21. The van der Waals surface area contributed by atoms with Crippen molar-refractivity contribution in [3.63, 3.8) is 0 Å². The normalized spacial score (nSPS) is 10.0. The summed E-state index contributed by atoms with van der Waals surface area (Å²) in [5.74, 6) is -0.552. The maximum absolute atomic E-state index is 12.6. The van der Waals surface area contributed by atoms with Crippen LogP contribution in [0.3, 0.4) is 0 Å². The van der Waals surface area contributed by atoms with E-state index in [2.05, 4.69) is 5.32 Å². The first-order valence-electron chi connectivity index (χ1n) is 6.65. The van der Waals surface area contributed by atoms with Crippen molar-refractivity contribution in [2.45, 2.75) is 6.92 Å². The number of nitrogens with one attached hydrogen (secondary N) is 1. The summed E-state index contributed by atoms with van der Waals surface area (Å²) in [4.78, 5) is 24.9. The molecule has 0 atom stereocenters. The Balaban J connectivity index is 2.29. The first-order chi connectivity index (χ1) is 10.9. The third-order valence-corrected chi connectivity index (χ3v) is 3.40. The van der Waals surface area contributed by atoms with Gasteiger partial charge in [0.25, 0.3) is 5.91 Å². The van der Waals surface area contributed by atoms with Crippen LogP contribution in [0.25, 0.3) is 0 Å². The van der Waals surface area contributed by atoms with E-state index in [1.54, 1.807) is 48.5 Å². The van der Waals surface area contributed by atoms with Crippen molar-refractivity contribution >= 4 is 52.1 Å². The van der Waals surface area contributed by atoms with Gasteiger partial charge in [-0.15, -0.1) is 0 Å². The zero-order valence-corrected chi connectivity index (χ0v) is 13.8. The van der Waals surface area contributed by atoms with Crippen LogP contribution in [0, 0.1) is 0 Å². The summed E-state index contributed by atoms with van der Waals surface area (Å²) in [6.07, 6.45) is 0. The molecule has 0 fully saturated rings. The zero-order valence-electron chi connectivity index (χ0n) is 12.2. The predicted octanol–water partition coefficient (Wildman–Crippen LogP) is 3.19. The van der Waals surface area contributed by atoms with Gasteiger partial charge in [0.05, 0.1) is 5.69 Å². The number of benzene rings is 2. The van der Waals surface area contributed by atoms with Crippen molar-refractivity contribution in [1.29, 1.82) is 0 Å². The highest BCUT2D eigenvalue weighted by atomic mass is 35.5. The quantitative estimate of drug-likeness (QED) is 0.836. The maximum Gasteiger partial charge on any atom is 0.264 e. The number of carbonyl (C=O) groups excluding carboxylic acids is 2. The molecule has 0 spiro atoms. The molecule has 5 nitrogen and oxygen atoms in total. The van der Waals surface area contributed by atoms with Gasteiger partial charge in [-0.1, -0.05) is 11.6 Å². The molecule has 2 rings (SSSR count). The fourth-order valence-electron chi connectivity index (χ4n) is 1.96. The summed E-state index contributed by atoms with van der Waals surface area (Å²) in [5.41, 5.74) is 7.20. The van der Waals surface area contributed by atoms with Crippen LogP contribution in [0.15, 0.2) is 48.5 Å². The number of hydrogen-bond acceptors (Lipinski definition) is 3. The smallest absolute Gasteiger partial charge is 0.264 e. The van der Waals surface area contributed by atoms with E-state index in [1.165, 1.54) is 11.8 Å². The molecule has 0 unspecified atom stereocenters. The van der Waals surface area contributed by atoms with E-state index in [4.69, 9.17) is 29.6 Å². The Morgan fingerprint density at radius 3 is 2.13 bits per heavy atom. The molecule has 0 aromatic heterocycles. The highest BCUT2D eigenvalue weighted by Crippen LogP contribution is 2.21. The predicted molar refractivity (Wildman–Crippen MR) is 95.8 cm³/mol. The Morgan fingerprint density at radius 1 is 1.09 bits per heavy atom. The molecular weight excluding hydrogens is 334 g/mol. The van der Waals surface area contributed by atoms with E-state index >= 15 is 0 Å². The van der Waals surface area contributed by atoms with Crippen molar-refractivity contribution in [1.82, 2.24) is 0 Å². The number of nitrogens with zero attached hydrogens (tertiary/aromatic N) is 1. The summed E-state index contributed by atoms with van der Waals surface area (Å²) in [7, 11) is 0. The molecule has 0 bridgehead atoms. The van der Waals surface area contributed by atoms with Crippen molar-refractivity contribution in [2.24, 2.45) is 5.73 Å². The Kier molecular flexibility index (Phi) is 5.31. The molecular formula is C16H14ClN3O2S. The Labute approximate surface area is 144 Å². The molecule has 2 aromatic carbocycles. The second-order valence-corrected chi connectivity index (χ2v) is 5.57. The Morgan fingerprint density at radius 2 is 1.65 bits per heavy atom. The number of nitrogens with two attached hydrogens (primary N) is 1. The lowest BCUT2D eigenvalue weighted by Crippen LogP contribution is -2.40. The molecule has 7 heteroatoms. The van der Waals surface area contributed by atoms with Gasteiger partial charge in [0, 0.05) is 23.2 Å². The van der Waals surface area contributed by atoms with Gasteiger partial charge in [-0.25, -0.2) is 0 Å². The first kappa shape index (κ1) is 16.9. The Hall–Kier alpha value is -2.44. The summed E-state index contributed by atoms with van der Waals surface area (Å²) >= 11 is 10.8. The average Bonchev–Trinajstić information content (AvgIpc) is 2.49. The molecule has 0 aliphatic rings. The molecule has 0 heterocycles. The monoisotopic (exact) mass is 347 g/mol. The van der Waals surface area contributed by atoms with Crippen LogP contribution in [0.5, 0.6) is 0 Å². The molecule has 118 valence electrons. The molecule has 0 aliphatic heterocycles. The van der Waals surface area contributed by atoms with Crippen LogP contribution in [0.2, 0.25) is 5.02 Å². The minimum absolute atomic E-state index is 0.0664. The molecule has 0 saturated carbocycles. The van der Waals surface area contributed by atoms with Gasteiger partial charge in [-0.05, 0) is 60.7 Å². The first-order valence-corrected chi connectivity index (χ1v) is 7.44. The fourth-order valence-corrected chi connectivity index (χ4v) is 2.28. The summed E-state index contributed by atoms with van der Waals surface area (Å²) in [6, 6.07) is 13.1.